The second-order valence-electron chi connectivity index (χ2n) is 7.39. The molecule has 157 valence electrons. The molecule has 0 aliphatic heterocycles. The van der Waals surface area contributed by atoms with Crippen molar-refractivity contribution in [1.29, 1.82) is 0 Å². The van der Waals surface area contributed by atoms with E-state index >= 15 is 0 Å². The molecule has 0 heterocycles. The number of alkyl halides is 3. The number of hydrogen-bond acceptors (Lipinski definition) is 2. The summed E-state index contributed by atoms with van der Waals surface area (Å²) in [6.45, 7) is 4.09. The molecule has 0 aliphatic carbocycles. The summed E-state index contributed by atoms with van der Waals surface area (Å²) in [6.07, 6.45) is 2.86. The zero-order valence-electron chi connectivity index (χ0n) is 16.5. The Morgan fingerprint density at radius 3 is 2.30 bits per heavy atom. The van der Waals surface area contributed by atoms with Crippen LogP contribution in [0.3, 0.4) is 0 Å². The van der Waals surface area contributed by atoms with Crippen molar-refractivity contribution < 1.29 is 18.3 Å². The van der Waals surface area contributed by atoms with Gasteiger partial charge in [-0.15, -0.1) is 0 Å². The second-order valence-corrected chi connectivity index (χ2v) is 8.72. The van der Waals surface area contributed by atoms with Gasteiger partial charge in [-0.25, -0.2) is 0 Å². The molecule has 0 saturated heterocycles. The first-order valence-electron chi connectivity index (χ1n) is 9.34. The molecule has 3 rings (SSSR count). The molecule has 0 aromatic heterocycles. The SMILES string of the molecule is CC(C)([CH]Cc1cccc(Oc2ccccc2)c1)c1ccc(OC(F)(F)Br)c(Cl)c1. The minimum Gasteiger partial charge on any atom is -0.457 e. The van der Waals surface area contributed by atoms with Crippen molar-refractivity contribution in [2.45, 2.75) is 30.7 Å². The van der Waals surface area contributed by atoms with Crippen LogP contribution in [0.5, 0.6) is 17.2 Å². The normalized spacial score (nSPS) is 11.9. The average Bonchev–Trinajstić information content (AvgIpc) is 2.68. The van der Waals surface area contributed by atoms with Crippen LogP contribution in [-0.4, -0.2) is 5.02 Å². The topological polar surface area (TPSA) is 18.5 Å². The van der Waals surface area contributed by atoms with E-state index in [0.717, 1.165) is 22.6 Å². The van der Waals surface area contributed by atoms with E-state index < -0.39 is 5.02 Å². The van der Waals surface area contributed by atoms with Crippen LogP contribution in [0, 0.1) is 6.42 Å². The highest BCUT2D eigenvalue weighted by Gasteiger charge is 2.28. The first-order valence-corrected chi connectivity index (χ1v) is 10.5. The summed E-state index contributed by atoms with van der Waals surface area (Å²) in [7, 11) is 0. The number of rotatable bonds is 8. The molecule has 0 aliphatic rings. The molecule has 0 saturated carbocycles. The van der Waals surface area contributed by atoms with Gasteiger partial charge in [-0.1, -0.05) is 61.8 Å². The van der Waals surface area contributed by atoms with Crippen molar-refractivity contribution in [3.8, 4) is 17.2 Å². The molecule has 0 atom stereocenters. The Morgan fingerprint density at radius 2 is 1.63 bits per heavy atom. The number of ether oxygens (including phenoxy) is 2. The highest BCUT2D eigenvalue weighted by molar-refractivity contribution is 9.09. The van der Waals surface area contributed by atoms with E-state index in [1.807, 2.05) is 68.4 Å². The third-order valence-corrected chi connectivity index (χ3v) is 5.08. The molecule has 3 aromatic rings. The van der Waals surface area contributed by atoms with Gasteiger partial charge in [0.05, 0.1) is 5.02 Å². The Bertz CT molecular complexity index is 988. The fourth-order valence-electron chi connectivity index (χ4n) is 2.96. The highest BCUT2D eigenvalue weighted by Crippen LogP contribution is 2.37. The van der Waals surface area contributed by atoms with E-state index in [0.29, 0.717) is 6.42 Å². The first kappa shape index (κ1) is 22.6. The average molecular weight is 495 g/mol. The van der Waals surface area contributed by atoms with Gasteiger partial charge in [0.25, 0.3) is 0 Å². The number of hydrogen-bond donors (Lipinski definition) is 0. The van der Waals surface area contributed by atoms with E-state index in [2.05, 4.69) is 27.1 Å². The summed E-state index contributed by atoms with van der Waals surface area (Å²) < 4.78 is 36.5. The summed E-state index contributed by atoms with van der Waals surface area (Å²) in [4.78, 5) is 0. The van der Waals surface area contributed by atoms with Crippen molar-refractivity contribution in [2.24, 2.45) is 0 Å². The summed E-state index contributed by atoms with van der Waals surface area (Å²) in [5.74, 6) is 1.47. The van der Waals surface area contributed by atoms with Crippen LogP contribution in [0.25, 0.3) is 0 Å². The Morgan fingerprint density at radius 1 is 0.933 bits per heavy atom. The van der Waals surface area contributed by atoms with Gasteiger partial charge in [-0.2, -0.15) is 8.78 Å². The Balaban J connectivity index is 1.67. The van der Waals surface area contributed by atoms with Gasteiger partial charge in [0.1, 0.15) is 17.2 Å². The Labute approximate surface area is 188 Å². The van der Waals surface area contributed by atoms with Crippen LogP contribution in [0.4, 0.5) is 8.78 Å². The van der Waals surface area contributed by atoms with E-state index in [1.54, 1.807) is 12.1 Å². The lowest BCUT2D eigenvalue weighted by atomic mass is 9.79. The van der Waals surface area contributed by atoms with Gasteiger partial charge in [-0.3, -0.25) is 0 Å². The van der Waals surface area contributed by atoms with Crippen LogP contribution < -0.4 is 9.47 Å². The van der Waals surface area contributed by atoms with Crippen molar-refractivity contribution in [1.82, 2.24) is 0 Å². The van der Waals surface area contributed by atoms with E-state index in [-0.39, 0.29) is 16.2 Å². The molecule has 0 unspecified atom stereocenters. The van der Waals surface area contributed by atoms with Gasteiger partial charge >= 0.3 is 5.02 Å². The Kier molecular flexibility index (Phi) is 7.04. The fraction of sp³-hybridized carbons (Fsp3) is 0.208. The van der Waals surface area contributed by atoms with Crippen LogP contribution >= 0.6 is 27.5 Å². The minimum atomic E-state index is -3.47. The molecular weight excluding hydrogens is 474 g/mol. The standard InChI is InChI=1S/C24H21BrClF2O2/c1-23(2,18-11-12-22(21(26)16-18)30-24(25,27)28)14-13-17-7-6-10-20(15-17)29-19-8-4-3-5-9-19/h3-12,14-16H,13H2,1-2H3. The predicted molar refractivity (Wildman–Crippen MR) is 120 cm³/mol. The Hall–Kier alpha value is -2.11. The van der Waals surface area contributed by atoms with Crippen molar-refractivity contribution in [3.63, 3.8) is 0 Å². The molecule has 2 nitrogen and oxygen atoms in total. The molecule has 1 radical (unpaired) electrons. The summed E-state index contributed by atoms with van der Waals surface area (Å²) >= 11 is 8.30. The molecule has 6 heteroatoms. The number of halogens is 4. The van der Waals surface area contributed by atoms with Crippen LogP contribution in [0.1, 0.15) is 25.0 Å². The van der Waals surface area contributed by atoms with Crippen molar-refractivity contribution >= 4 is 27.5 Å². The van der Waals surface area contributed by atoms with Crippen molar-refractivity contribution in [3.05, 3.63) is 95.4 Å². The van der Waals surface area contributed by atoms with E-state index in [4.69, 9.17) is 16.3 Å². The molecule has 0 amide bonds. The maximum Gasteiger partial charge on any atom is 0.459 e. The highest BCUT2D eigenvalue weighted by atomic mass is 79.9. The zero-order chi connectivity index (χ0) is 21.8. The fourth-order valence-corrected chi connectivity index (χ4v) is 3.35. The lowest BCUT2D eigenvalue weighted by molar-refractivity contribution is -0.0802. The zero-order valence-corrected chi connectivity index (χ0v) is 18.9. The minimum absolute atomic E-state index is 0.0798. The lowest BCUT2D eigenvalue weighted by Crippen LogP contribution is -2.20. The maximum absolute atomic E-state index is 13.0. The van der Waals surface area contributed by atoms with Crippen LogP contribution in [0.2, 0.25) is 5.02 Å². The summed E-state index contributed by atoms with van der Waals surface area (Å²) in [5, 5.41) is -3.33. The number of para-hydroxylation sites is 1. The van der Waals surface area contributed by atoms with Crippen molar-refractivity contribution in [2.75, 3.05) is 0 Å². The third-order valence-electron chi connectivity index (χ3n) is 4.63. The van der Waals surface area contributed by atoms with Gasteiger partial charge in [0, 0.05) is 15.9 Å². The molecular formula is C24H21BrClF2O2. The van der Waals surface area contributed by atoms with Gasteiger partial charge in [0.15, 0.2) is 0 Å². The molecule has 0 fully saturated rings. The lowest BCUT2D eigenvalue weighted by Gasteiger charge is -2.26. The largest absolute Gasteiger partial charge is 0.459 e. The molecule has 30 heavy (non-hydrogen) atoms. The first-order chi connectivity index (χ1) is 14.1. The monoisotopic (exact) mass is 493 g/mol. The van der Waals surface area contributed by atoms with Gasteiger partial charge in [-0.05, 0) is 65.8 Å². The van der Waals surface area contributed by atoms with Gasteiger partial charge < -0.3 is 9.47 Å². The van der Waals surface area contributed by atoms with Crippen LogP contribution in [-0.2, 0) is 11.8 Å². The molecule has 0 N–H and O–H groups in total. The van der Waals surface area contributed by atoms with Gasteiger partial charge in [0.2, 0.25) is 0 Å². The van der Waals surface area contributed by atoms with E-state index in [9.17, 15) is 8.78 Å². The molecule has 3 aromatic carbocycles. The van der Waals surface area contributed by atoms with E-state index in [1.165, 1.54) is 6.07 Å². The van der Waals surface area contributed by atoms with Crippen LogP contribution in [0.15, 0.2) is 72.8 Å². The second kappa shape index (κ2) is 9.36. The smallest absolute Gasteiger partial charge is 0.457 e. The summed E-state index contributed by atoms with van der Waals surface area (Å²) in [5.41, 5.74) is 1.66. The molecule has 0 bridgehead atoms. The maximum atomic E-state index is 13.0. The molecule has 0 spiro atoms. The quantitative estimate of drug-likeness (QED) is 0.294. The summed E-state index contributed by atoms with van der Waals surface area (Å²) in [6, 6.07) is 22.4. The predicted octanol–water partition coefficient (Wildman–Crippen LogP) is 8.18. The third kappa shape index (κ3) is 6.44. The number of benzene rings is 3.